The van der Waals surface area contributed by atoms with E-state index in [4.69, 9.17) is 12.2 Å². The first kappa shape index (κ1) is 19.0. The van der Waals surface area contributed by atoms with Crippen molar-refractivity contribution in [3.8, 4) is 0 Å². The van der Waals surface area contributed by atoms with Crippen molar-refractivity contribution in [1.29, 1.82) is 0 Å². The number of rotatable bonds is 2. The van der Waals surface area contributed by atoms with Gasteiger partial charge in [0.1, 0.15) is 0 Å². The van der Waals surface area contributed by atoms with E-state index in [0.29, 0.717) is 10.8 Å². The molecule has 2 rings (SSSR count). The number of thiocarbonyl (C=S) groups is 1. The highest BCUT2D eigenvalue weighted by molar-refractivity contribution is 7.80. The standard InChI is InChI=1S/C17H24F3N3S/c1-15(2)9-13(10-16(3,4)23-15)22-14(24)21-12-7-5-6-11(8-12)17(18,19)20/h5-8,13,23H,9-10H2,1-4H3,(H2,21,22,24)/p+1. The molecule has 7 heteroatoms. The summed E-state index contributed by atoms with van der Waals surface area (Å²) in [5, 5.41) is 8.84. The fourth-order valence-electron chi connectivity index (χ4n) is 3.75. The van der Waals surface area contributed by atoms with E-state index >= 15 is 0 Å². The molecule has 1 aromatic rings. The first-order chi connectivity index (χ1) is 10.9. The van der Waals surface area contributed by atoms with E-state index in [0.717, 1.165) is 25.0 Å². The topological polar surface area (TPSA) is 40.7 Å². The van der Waals surface area contributed by atoms with Crippen LogP contribution in [0.5, 0.6) is 0 Å². The van der Waals surface area contributed by atoms with Gasteiger partial charge in [0, 0.05) is 24.6 Å². The number of benzene rings is 1. The van der Waals surface area contributed by atoms with Crippen molar-refractivity contribution >= 4 is 23.0 Å². The zero-order valence-electron chi connectivity index (χ0n) is 14.4. The largest absolute Gasteiger partial charge is 0.416 e. The molecule has 0 aliphatic carbocycles. The maximum Gasteiger partial charge on any atom is 0.416 e. The second kappa shape index (κ2) is 6.52. The third kappa shape index (κ3) is 5.34. The predicted molar refractivity (Wildman–Crippen MR) is 93.9 cm³/mol. The van der Waals surface area contributed by atoms with Gasteiger partial charge in [0.15, 0.2) is 5.11 Å². The van der Waals surface area contributed by atoms with Crippen molar-refractivity contribution in [1.82, 2.24) is 5.32 Å². The Morgan fingerprint density at radius 1 is 1.17 bits per heavy atom. The number of anilines is 1. The summed E-state index contributed by atoms with van der Waals surface area (Å²) >= 11 is 5.29. The summed E-state index contributed by atoms with van der Waals surface area (Å²) in [6, 6.07) is 5.24. The molecule has 0 aromatic heterocycles. The summed E-state index contributed by atoms with van der Waals surface area (Å²) in [6.07, 6.45) is -2.50. The van der Waals surface area contributed by atoms with Crippen LogP contribution in [0.4, 0.5) is 18.9 Å². The first-order valence-electron chi connectivity index (χ1n) is 7.98. The van der Waals surface area contributed by atoms with Crippen molar-refractivity contribution in [2.45, 2.75) is 63.8 Å². The van der Waals surface area contributed by atoms with Gasteiger partial charge in [0.05, 0.1) is 16.6 Å². The van der Waals surface area contributed by atoms with Gasteiger partial charge in [-0.15, -0.1) is 0 Å². The molecule has 134 valence electrons. The fourth-order valence-corrected chi connectivity index (χ4v) is 4.03. The van der Waals surface area contributed by atoms with E-state index in [2.05, 4.69) is 43.6 Å². The summed E-state index contributed by atoms with van der Waals surface area (Å²) in [6.45, 7) is 8.75. The van der Waals surface area contributed by atoms with Crippen LogP contribution in [0.3, 0.4) is 0 Å². The lowest BCUT2D eigenvalue weighted by Gasteiger charge is -2.43. The number of hydrogen-bond donors (Lipinski definition) is 3. The minimum absolute atomic E-state index is 0.0885. The molecule has 0 unspecified atom stereocenters. The molecule has 1 fully saturated rings. The van der Waals surface area contributed by atoms with Crippen LogP contribution >= 0.6 is 12.2 Å². The molecule has 1 heterocycles. The maximum atomic E-state index is 12.8. The second-order valence-corrected chi connectivity index (χ2v) is 8.31. The van der Waals surface area contributed by atoms with Crippen molar-refractivity contribution in [2.75, 3.05) is 5.32 Å². The summed E-state index contributed by atoms with van der Waals surface area (Å²) < 4.78 is 38.3. The minimum Gasteiger partial charge on any atom is -0.359 e. The Balaban J connectivity index is 2.01. The minimum atomic E-state index is -4.36. The molecule has 1 aromatic carbocycles. The lowest BCUT2D eigenvalue weighted by molar-refractivity contribution is -0.787. The molecule has 3 nitrogen and oxygen atoms in total. The Labute approximate surface area is 146 Å². The Morgan fingerprint density at radius 2 is 1.75 bits per heavy atom. The van der Waals surface area contributed by atoms with Gasteiger partial charge < -0.3 is 16.0 Å². The van der Waals surface area contributed by atoms with E-state index in [9.17, 15) is 13.2 Å². The second-order valence-electron chi connectivity index (χ2n) is 7.90. The average molecular weight is 360 g/mol. The quantitative estimate of drug-likeness (QED) is 0.709. The van der Waals surface area contributed by atoms with Crippen LogP contribution in [-0.2, 0) is 6.18 Å². The molecule has 0 bridgehead atoms. The van der Waals surface area contributed by atoms with Crippen LogP contribution in [-0.4, -0.2) is 22.2 Å². The molecular weight excluding hydrogens is 335 g/mol. The van der Waals surface area contributed by atoms with Crippen LogP contribution in [0.1, 0.15) is 46.1 Å². The van der Waals surface area contributed by atoms with Crippen molar-refractivity contribution in [3.63, 3.8) is 0 Å². The van der Waals surface area contributed by atoms with Gasteiger partial charge in [-0.25, -0.2) is 0 Å². The fraction of sp³-hybridized carbons (Fsp3) is 0.588. The van der Waals surface area contributed by atoms with Crippen LogP contribution in [0.15, 0.2) is 24.3 Å². The average Bonchev–Trinajstić information content (AvgIpc) is 2.33. The summed E-state index contributed by atoms with van der Waals surface area (Å²) in [5.74, 6) is 0. The SMILES string of the molecule is CC1(C)CC(NC(=S)Nc2cccc(C(F)(F)F)c2)CC(C)(C)[NH2+]1. The van der Waals surface area contributed by atoms with Crippen molar-refractivity contribution in [3.05, 3.63) is 29.8 Å². The molecule has 0 saturated carbocycles. The summed E-state index contributed by atoms with van der Waals surface area (Å²) in [4.78, 5) is 0. The van der Waals surface area contributed by atoms with E-state index in [1.165, 1.54) is 6.07 Å². The molecule has 1 saturated heterocycles. The normalized spacial score (nSPS) is 20.5. The first-order valence-corrected chi connectivity index (χ1v) is 8.39. The smallest absolute Gasteiger partial charge is 0.359 e. The van der Waals surface area contributed by atoms with E-state index < -0.39 is 11.7 Å². The van der Waals surface area contributed by atoms with Gasteiger partial charge in [-0.2, -0.15) is 13.2 Å². The molecule has 1 aliphatic rings. The van der Waals surface area contributed by atoms with Crippen LogP contribution in [0.25, 0.3) is 0 Å². The van der Waals surface area contributed by atoms with Gasteiger partial charge >= 0.3 is 6.18 Å². The molecule has 24 heavy (non-hydrogen) atoms. The van der Waals surface area contributed by atoms with E-state index in [-0.39, 0.29) is 17.1 Å². The summed E-state index contributed by atoms with van der Waals surface area (Å²) in [7, 11) is 0. The van der Waals surface area contributed by atoms with E-state index in [1.54, 1.807) is 6.07 Å². The van der Waals surface area contributed by atoms with E-state index in [1.807, 2.05) is 0 Å². The Bertz CT molecular complexity index is 595. The van der Waals surface area contributed by atoms with Gasteiger partial charge in [0.2, 0.25) is 0 Å². The van der Waals surface area contributed by atoms with Crippen LogP contribution < -0.4 is 16.0 Å². The Kier molecular flexibility index (Phi) is 5.16. The molecular formula is C17H25F3N3S+. The molecule has 1 aliphatic heterocycles. The number of nitrogens with one attached hydrogen (secondary N) is 2. The molecule has 0 radical (unpaired) electrons. The Morgan fingerprint density at radius 3 is 2.29 bits per heavy atom. The summed E-state index contributed by atoms with van der Waals surface area (Å²) in [5.41, 5.74) is -0.177. The number of piperidine rings is 1. The third-order valence-corrected chi connectivity index (χ3v) is 4.33. The number of halogens is 3. The van der Waals surface area contributed by atoms with Crippen LogP contribution in [0, 0.1) is 0 Å². The van der Waals surface area contributed by atoms with Gasteiger partial charge in [-0.05, 0) is 58.1 Å². The zero-order chi connectivity index (χ0) is 18.2. The number of nitrogens with two attached hydrogens (primary N) is 1. The Hall–Kier alpha value is -1.34. The molecule has 0 atom stereocenters. The van der Waals surface area contributed by atoms with Crippen molar-refractivity contribution in [2.24, 2.45) is 0 Å². The third-order valence-electron chi connectivity index (χ3n) is 4.11. The number of quaternary nitrogens is 1. The van der Waals surface area contributed by atoms with Crippen molar-refractivity contribution < 1.29 is 18.5 Å². The lowest BCUT2D eigenvalue weighted by Crippen LogP contribution is -3.06. The van der Waals surface area contributed by atoms with Crippen LogP contribution in [0.2, 0.25) is 0 Å². The highest BCUT2D eigenvalue weighted by Gasteiger charge is 2.41. The maximum absolute atomic E-state index is 12.8. The lowest BCUT2D eigenvalue weighted by atomic mass is 9.80. The highest BCUT2D eigenvalue weighted by atomic mass is 32.1. The molecule has 4 N–H and O–H groups in total. The number of hydrogen-bond acceptors (Lipinski definition) is 1. The zero-order valence-corrected chi connectivity index (χ0v) is 15.2. The van der Waals surface area contributed by atoms with Gasteiger partial charge in [-0.1, -0.05) is 6.07 Å². The molecule has 0 spiro atoms. The highest BCUT2D eigenvalue weighted by Crippen LogP contribution is 2.30. The van der Waals surface area contributed by atoms with Gasteiger partial charge in [-0.3, -0.25) is 0 Å². The molecule has 0 amide bonds. The predicted octanol–water partition coefficient (Wildman–Crippen LogP) is 3.27. The monoisotopic (exact) mass is 360 g/mol. The van der Waals surface area contributed by atoms with Gasteiger partial charge in [0.25, 0.3) is 0 Å². The number of alkyl halides is 3.